The summed E-state index contributed by atoms with van der Waals surface area (Å²) in [5.74, 6) is -2.89. The Morgan fingerprint density at radius 1 is 1.33 bits per heavy atom. The molecular formula is C8H14F2O2. The van der Waals surface area contributed by atoms with Crippen molar-refractivity contribution in [2.45, 2.75) is 25.2 Å². The van der Waals surface area contributed by atoms with Gasteiger partial charge in [0.2, 0.25) is 0 Å². The molecule has 0 atom stereocenters. The van der Waals surface area contributed by atoms with E-state index in [1.807, 2.05) is 0 Å². The number of alkyl halides is 2. The summed E-state index contributed by atoms with van der Waals surface area (Å²) in [6.45, 7) is 0.114. The van der Waals surface area contributed by atoms with Crippen LogP contribution in [0.2, 0.25) is 0 Å². The third kappa shape index (κ3) is 3.03. The van der Waals surface area contributed by atoms with E-state index in [-0.39, 0.29) is 12.3 Å². The number of aliphatic hydroxyl groups is 1. The summed E-state index contributed by atoms with van der Waals surface area (Å²) in [7, 11) is 0. The minimum atomic E-state index is -2.90. The van der Waals surface area contributed by atoms with Gasteiger partial charge in [0.25, 0.3) is 5.92 Å². The highest BCUT2D eigenvalue weighted by atomic mass is 19.3. The fraction of sp³-hybridized carbons (Fsp3) is 1.00. The number of ether oxygens (including phenoxy) is 1. The maximum absolute atomic E-state index is 12.6. The van der Waals surface area contributed by atoms with Crippen molar-refractivity contribution in [1.29, 1.82) is 0 Å². The summed E-state index contributed by atoms with van der Waals surface area (Å²) in [6, 6.07) is 0. The predicted octanol–water partition coefficient (Wildman–Crippen LogP) is 1.43. The number of hydrogen-bond donors (Lipinski definition) is 1. The molecule has 0 radical (unpaired) electrons. The molecule has 1 fully saturated rings. The van der Waals surface area contributed by atoms with Gasteiger partial charge in [-0.2, -0.15) is 0 Å². The first-order chi connectivity index (χ1) is 5.64. The Bertz CT molecular complexity index is 133. The molecule has 0 bridgehead atoms. The van der Waals surface area contributed by atoms with Crippen LogP contribution >= 0.6 is 0 Å². The molecule has 1 aliphatic heterocycles. The van der Waals surface area contributed by atoms with E-state index in [1.54, 1.807) is 0 Å². The summed E-state index contributed by atoms with van der Waals surface area (Å²) < 4.78 is 30.3. The molecular weight excluding hydrogens is 166 g/mol. The summed E-state index contributed by atoms with van der Waals surface area (Å²) in [5.41, 5.74) is 0. The van der Waals surface area contributed by atoms with Crippen molar-refractivity contribution in [2.24, 2.45) is 5.92 Å². The first-order valence-electron chi connectivity index (χ1n) is 4.20. The van der Waals surface area contributed by atoms with Crippen molar-refractivity contribution in [3.05, 3.63) is 0 Å². The fourth-order valence-electron chi connectivity index (χ4n) is 1.44. The average Bonchev–Trinajstić information content (AvgIpc) is 2.06. The van der Waals surface area contributed by atoms with E-state index in [0.29, 0.717) is 26.1 Å². The standard InChI is InChI=1S/C8H14F2O2/c9-8(10,6-11)5-7-1-3-12-4-2-7/h7,11H,1-6H2. The Hall–Kier alpha value is -0.220. The zero-order valence-corrected chi connectivity index (χ0v) is 6.93. The van der Waals surface area contributed by atoms with Crippen LogP contribution in [0.3, 0.4) is 0 Å². The SMILES string of the molecule is OCC(F)(F)CC1CCOCC1. The molecule has 0 saturated carbocycles. The van der Waals surface area contributed by atoms with Gasteiger partial charge in [0.1, 0.15) is 6.61 Å². The van der Waals surface area contributed by atoms with Crippen molar-refractivity contribution < 1.29 is 18.6 Å². The molecule has 72 valence electrons. The van der Waals surface area contributed by atoms with Gasteiger partial charge >= 0.3 is 0 Å². The van der Waals surface area contributed by atoms with Crippen molar-refractivity contribution in [1.82, 2.24) is 0 Å². The summed E-state index contributed by atoms with van der Waals surface area (Å²) in [5, 5.41) is 8.34. The molecule has 1 aliphatic rings. The lowest BCUT2D eigenvalue weighted by Crippen LogP contribution is -2.28. The molecule has 0 aromatic heterocycles. The molecule has 2 nitrogen and oxygen atoms in total. The van der Waals surface area contributed by atoms with E-state index >= 15 is 0 Å². The highest BCUT2D eigenvalue weighted by Crippen LogP contribution is 2.28. The lowest BCUT2D eigenvalue weighted by molar-refractivity contribution is -0.0783. The van der Waals surface area contributed by atoms with Crippen molar-refractivity contribution in [2.75, 3.05) is 19.8 Å². The largest absolute Gasteiger partial charge is 0.390 e. The molecule has 12 heavy (non-hydrogen) atoms. The van der Waals surface area contributed by atoms with Crippen LogP contribution in [-0.4, -0.2) is 30.8 Å². The summed E-state index contributed by atoms with van der Waals surface area (Å²) in [4.78, 5) is 0. The van der Waals surface area contributed by atoms with Crippen LogP contribution in [0.4, 0.5) is 8.78 Å². The van der Waals surface area contributed by atoms with E-state index in [2.05, 4.69) is 0 Å². The molecule has 1 N–H and O–H groups in total. The topological polar surface area (TPSA) is 29.5 Å². The van der Waals surface area contributed by atoms with Crippen LogP contribution in [0.5, 0.6) is 0 Å². The second-order valence-electron chi connectivity index (χ2n) is 3.27. The molecule has 1 saturated heterocycles. The average molecular weight is 180 g/mol. The van der Waals surface area contributed by atoms with Gasteiger partial charge in [-0.25, -0.2) is 8.78 Å². The van der Waals surface area contributed by atoms with E-state index in [4.69, 9.17) is 9.84 Å². The third-order valence-electron chi connectivity index (χ3n) is 2.16. The van der Waals surface area contributed by atoms with Crippen molar-refractivity contribution in [3.63, 3.8) is 0 Å². The Morgan fingerprint density at radius 3 is 2.42 bits per heavy atom. The normalized spacial score (nSPS) is 21.2. The highest BCUT2D eigenvalue weighted by molar-refractivity contribution is 4.73. The van der Waals surface area contributed by atoms with Crippen LogP contribution in [0.15, 0.2) is 0 Å². The smallest absolute Gasteiger partial charge is 0.270 e. The van der Waals surface area contributed by atoms with Crippen LogP contribution in [0.25, 0.3) is 0 Å². The number of rotatable bonds is 3. The summed E-state index contributed by atoms with van der Waals surface area (Å²) in [6.07, 6.45) is 1.18. The molecule has 1 heterocycles. The van der Waals surface area contributed by atoms with Gasteiger partial charge < -0.3 is 9.84 Å². The van der Waals surface area contributed by atoms with E-state index in [0.717, 1.165) is 0 Å². The van der Waals surface area contributed by atoms with Gasteiger partial charge in [-0.05, 0) is 18.8 Å². The van der Waals surface area contributed by atoms with Gasteiger partial charge in [0.05, 0.1) is 0 Å². The second kappa shape index (κ2) is 4.14. The molecule has 1 rings (SSSR count). The maximum Gasteiger partial charge on any atom is 0.270 e. The lowest BCUT2D eigenvalue weighted by atomic mass is 9.93. The van der Waals surface area contributed by atoms with E-state index in [1.165, 1.54) is 0 Å². The van der Waals surface area contributed by atoms with Gasteiger partial charge in [0.15, 0.2) is 0 Å². The number of aliphatic hydroxyl groups excluding tert-OH is 1. The fourth-order valence-corrected chi connectivity index (χ4v) is 1.44. The molecule has 0 aromatic rings. The summed E-state index contributed by atoms with van der Waals surface area (Å²) >= 11 is 0. The van der Waals surface area contributed by atoms with Crippen LogP contribution in [0, 0.1) is 5.92 Å². The Morgan fingerprint density at radius 2 is 1.92 bits per heavy atom. The zero-order valence-electron chi connectivity index (χ0n) is 6.93. The van der Waals surface area contributed by atoms with Crippen LogP contribution in [-0.2, 0) is 4.74 Å². The minimum Gasteiger partial charge on any atom is -0.390 e. The third-order valence-corrected chi connectivity index (χ3v) is 2.16. The van der Waals surface area contributed by atoms with Crippen molar-refractivity contribution >= 4 is 0 Å². The first-order valence-corrected chi connectivity index (χ1v) is 4.20. The molecule has 0 aliphatic carbocycles. The van der Waals surface area contributed by atoms with Gasteiger partial charge in [-0.1, -0.05) is 0 Å². The molecule has 0 amide bonds. The second-order valence-corrected chi connectivity index (χ2v) is 3.27. The Labute approximate surface area is 70.5 Å². The first kappa shape index (κ1) is 9.86. The predicted molar refractivity (Wildman–Crippen MR) is 40.2 cm³/mol. The number of halogens is 2. The van der Waals surface area contributed by atoms with Gasteiger partial charge in [0, 0.05) is 19.6 Å². The minimum absolute atomic E-state index is 0.0147. The van der Waals surface area contributed by atoms with E-state index < -0.39 is 12.5 Å². The van der Waals surface area contributed by atoms with Crippen LogP contribution < -0.4 is 0 Å². The molecule has 0 unspecified atom stereocenters. The molecule has 0 spiro atoms. The van der Waals surface area contributed by atoms with Gasteiger partial charge in [-0.3, -0.25) is 0 Å². The quantitative estimate of drug-likeness (QED) is 0.712. The zero-order chi connectivity index (χ0) is 9.03. The Kier molecular flexibility index (Phi) is 3.40. The molecule has 0 aromatic carbocycles. The van der Waals surface area contributed by atoms with Crippen molar-refractivity contribution in [3.8, 4) is 0 Å². The van der Waals surface area contributed by atoms with Gasteiger partial charge in [-0.15, -0.1) is 0 Å². The van der Waals surface area contributed by atoms with E-state index in [9.17, 15) is 8.78 Å². The Balaban J connectivity index is 2.28. The lowest BCUT2D eigenvalue weighted by Gasteiger charge is -2.25. The molecule has 4 heteroatoms. The highest BCUT2D eigenvalue weighted by Gasteiger charge is 2.32. The maximum atomic E-state index is 12.6. The van der Waals surface area contributed by atoms with Crippen LogP contribution in [0.1, 0.15) is 19.3 Å². The monoisotopic (exact) mass is 180 g/mol. The number of hydrogen-bond acceptors (Lipinski definition) is 2.